The number of hydrogen-bond donors (Lipinski definition) is 1. The molecule has 0 aliphatic carbocycles. The Morgan fingerprint density at radius 2 is 2.24 bits per heavy atom. The smallest absolute Gasteiger partial charge is 0.295 e. The molecule has 0 aromatic carbocycles. The molecule has 0 saturated carbocycles. The first kappa shape index (κ1) is 11.1. The topological polar surface area (TPSA) is 90.1 Å². The Morgan fingerprint density at radius 3 is 2.88 bits per heavy atom. The van der Waals surface area contributed by atoms with Crippen LogP contribution in [-0.2, 0) is 0 Å². The maximum atomic E-state index is 11.7. The normalized spacial score (nSPS) is 10.0. The van der Waals surface area contributed by atoms with Crippen LogP contribution in [-0.4, -0.2) is 28.1 Å². The van der Waals surface area contributed by atoms with E-state index in [0.29, 0.717) is 17.4 Å². The molecule has 1 N–H and O–H groups in total. The Morgan fingerprint density at radius 1 is 1.41 bits per heavy atom. The molecule has 0 spiro atoms. The van der Waals surface area contributed by atoms with Crippen LogP contribution in [0, 0.1) is 6.92 Å². The number of hydrogen-bond acceptors (Lipinski definition) is 6. The molecule has 1 amide bonds. The summed E-state index contributed by atoms with van der Waals surface area (Å²) < 4.78 is 9.73. The number of nitrogens with zero attached hydrogens (tertiary/aromatic N) is 3. The van der Waals surface area contributed by atoms with E-state index in [0.717, 1.165) is 0 Å². The Balaban J connectivity index is 2.12. The largest absolute Gasteiger partial charge is 0.481 e. The fourth-order valence-corrected chi connectivity index (χ4v) is 1.17. The molecule has 2 aromatic heterocycles. The number of ether oxygens (including phenoxy) is 1. The summed E-state index contributed by atoms with van der Waals surface area (Å²) in [6.07, 6.45) is 1.29. The van der Waals surface area contributed by atoms with Crippen LogP contribution in [0.25, 0.3) is 0 Å². The van der Waals surface area contributed by atoms with E-state index in [9.17, 15) is 4.79 Å². The molecule has 0 atom stereocenters. The van der Waals surface area contributed by atoms with Gasteiger partial charge in [-0.05, 0) is 6.92 Å². The number of carbonyl (C=O) groups excluding carboxylic acids is 1. The zero-order valence-electron chi connectivity index (χ0n) is 9.30. The lowest BCUT2D eigenvalue weighted by Gasteiger charge is -2.02. The van der Waals surface area contributed by atoms with E-state index in [1.807, 2.05) is 0 Å². The van der Waals surface area contributed by atoms with Gasteiger partial charge in [0.25, 0.3) is 5.91 Å². The van der Waals surface area contributed by atoms with Crippen LogP contribution in [0.1, 0.15) is 16.2 Å². The lowest BCUT2D eigenvalue weighted by atomic mass is 10.3. The van der Waals surface area contributed by atoms with Crippen molar-refractivity contribution in [3.8, 4) is 5.88 Å². The zero-order chi connectivity index (χ0) is 12.3. The summed E-state index contributed by atoms with van der Waals surface area (Å²) in [4.78, 5) is 19.4. The van der Waals surface area contributed by atoms with Gasteiger partial charge in [-0.2, -0.15) is 0 Å². The minimum atomic E-state index is -0.425. The summed E-state index contributed by atoms with van der Waals surface area (Å²) in [6, 6.07) is 3.04. The minimum Gasteiger partial charge on any atom is -0.481 e. The summed E-state index contributed by atoms with van der Waals surface area (Å²) in [7, 11) is 1.48. The maximum Gasteiger partial charge on any atom is 0.295 e. The highest BCUT2D eigenvalue weighted by Crippen LogP contribution is 2.11. The molecule has 7 nitrogen and oxygen atoms in total. The van der Waals surface area contributed by atoms with Gasteiger partial charge in [0.1, 0.15) is 12.1 Å². The van der Waals surface area contributed by atoms with Crippen molar-refractivity contribution in [2.45, 2.75) is 6.92 Å². The third kappa shape index (κ3) is 2.57. The van der Waals surface area contributed by atoms with Gasteiger partial charge in [0, 0.05) is 12.1 Å². The predicted molar refractivity (Wildman–Crippen MR) is 57.8 cm³/mol. The van der Waals surface area contributed by atoms with Gasteiger partial charge in [-0.15, -0.1) is 0 Å². The van der Waals surface area contributed by atoms with Crippen molar-refractivity contribution < 1.29 is 14.1 Å². The van der Waals surface area contributed by atoms with E-state index in [4.69, 9.17) is 9.26 Å². The van der Waals surface area contributed by atoms with E-state index in [1.54, 1.807) is 6.92 Å². The van der Waals surface area contributed by atoms with Crippen LogP contribution in [0.4, 0.5) is 5.82 Å². The second-order valence-corrected chi connectivity index (χ2v) is 3.23. The van der Waals surface area contributed by atoms with Gasteiger partial charge in [0.15, 0.2) is 0 Å². The van der Waals surface area contributed by atoms with Crippen LogP contribution in [0.3, 0.4) is 0 Å². The van der Waals surface area contributed by atoms with Crippen LogP contribution in [0.5, 0.6) is 5.88 Å². The number of amides is 1. The summed E-state index contributed by atoms with van der Waals surface area (Å²) in [6.45, 7) is 1.73. The zero-order valence-corrected chi connectivity index (χ0v) is 9.30. The van der Waals surface area contributed by atoms with Crippen molar-refractivity contribution in [3.05, 3.63) is 29.9 Å². The monoisotopic (exact) mass is 234 g/mol. The van der Waals surface area contributed by atoms with Gasteiger partial charge in [0.2, 0.25) is 11.6 Å². The molecule has 2 rings (SSSR count). The number of methoxy groups -OCH3 is 1. The first-order chi connectivity index (χ1) is 8.19. The third-order valence-electron chi connectivity index (χ3n) is 1.94. The van der Waals surface area contributed by atoms with Gasteiger partial charge < -0.3 is 14.6 Å². The molecule has 0 fully saturated rings. The summed E-state index contributed by atoms with van der Waals surface area (Å²) in [5, 5.41) is 6.16. The minimum absolute atomic E-state index is 0.125. The lowest BCUT2D eigenvalue weighted by Crippen LogP contribution is -2.12. The number of rotatable bonds is 3. The van der Waals surface area contributed by atoms with Crippen LogP contribution < -0.4 is 10.1 Å². The molecule has 2 aromatic rings. The highest BCUT2D eigenvalue weighted by molar-refractivity contribution is 6.01. The standard InChI is InChI=1S/C10H10N4O3/c1-6-3-7(17-14-6)10(15)13-8-4-9(16-2)12-5-11-8/h3-5H,1-2H3,(H,11,12,13,15). The van der Waals surface area contributed by atoms with Crippen LogP contribution >= 0.6 is 0 Å². The van der Waals surface area contributed by atoms with Gasteiger partial charge in [-0.25, -0.2) is 9.97 Å². The molecule has 7 heteroatoms. The third-order valence-corrected chi connectivity index (χ3v) is 1.94. The molecule has 88 valence electrons. The SMILES string of the molecule is COc1cc(NC(=O)c2cc(C)no2)ncn1. The second-order valence-electron chi connectivity index (χ2n) is 3.23. The average molecular weight is 234 g/mol. The van der Waals surface area contributed by atoms with Crippen molar-refractivity contribution in [2.75, 3.05) is 12.4 Å². The number of aromatic nitrogens is 3. The van der Waals surface area contributed by atoms with Gasteiger partial charge >= 0.3 is 0 Å². The Kier molecular flexibility index (Phi) is 2.99. The molecule has 17 heavy (non-hydrogen) atoms. The quantitative estimate of drug-likeness (QED) is 0.853. The number of nitrogens with one attached hydrogen (secondary N) is 1. The molecular weight excluding hydrogens is 224 g/mol. The molecule has 0 unspecified atom stereocenters. The van der Waals surface area contributed by atoms with Gasteiger partial charge in [-0.3, -0.25) is 4.79 Å². The van der Waals surface area contributed by atoms with Gasteiger partial charge in [-0.1, -0.05) is 5.16 Å². The predicted octanol–water partition coefficient (Wildman–Crippen LogP) is 1.03. The highest BCUT2D eigenvalue weighted by Gasteiger charge is 2.12. The molecule has 0 saturated heterocycles. The van der Waals surface area contributed by atoms with Crippen molar-refractivity contribution >= 4 is 11.7 Å². The van der Waals surface area contributed by atoms with Crippen molar-refractivity contribution in [3.63, 3.8) is 0 Å². The fraction of sp³-hybridized carbons (Fsp3) is 0.200. The second kappa shape index (κ2) is 4.60. The lowest BCUT2D eigenvalue weighted by molar-refractivity contribution is 0.0987. The highest BCUT2D eigenvalue weighted by atomic mass is 16.5. The average Bonchev–Trinajstić information content (AvgIpc) is 2.76. The number of aryl methyl sites for hydroxylation is 1. The maximum absolute atomic E-state index is 11.7. The Labute approximate surface area is 96.8 Å². The van der Waals surface area contributed by atoms with E-state index in [-0.39, 0.29) is 5.76 Å². The van der Waals surface area contributed by atoms with E-state index in [2.05, 4.69) is 20.4 Å². The first-order valence-electron chi connectivity index (χ1n) is 4.80. The van der Waals surface area contributed by atoms with Crippen LogP contribution in [0.15, 0.2) is 23.0 Å². The van der Waals surface area contributed by atoms with Crippen molar-refractivity contribution in [1.82, 2.24) is 15.1 Å². The molecule has 2 heterocycles. The van der Waals surface area contributed by atoms with Crippen LogP contribution in [0.2, 0.25) is 0 Å². The number of anilines is 1. The summed E-state index contributed by atoms with van der Waals surface area (Å²) >= 11 is 0. The van der Waals surface area contributed by atoms with E-state index in [1.165, 1.54) is 25.6 Å². The van der Waals surface area contributed by atoms with E-state index >= 15 is 0 Å². The summed E-state index contributed by atoms with van der Waals surface area (Å²) in [5.41, 5.74) is 0.635. The van der Waals surface area contributed by atoms with Crippen molar-refractivity contribution in [2.24, 2.45) is 0 Å². The Hall–Kier alpha value is -2.44. The van der Waals surface area contributed by atoms with Crippen molar-refractivity contribution in [1.29, 1.82) is 0 Å². The number of carbonyl (C=O) groups is 1. The van der Waals surface area contributed by atoms with Gasteiger partial charge in [0.05, 0.1) is 12.8 Å². The summed E-state index contributed by atoms with van der Waals surface area (Å²) in [5.74, 6) is 0.395. The van der Waals surface area contributed by atoms with E-state index < -0.39 is 5.91 Å². The molecule has 0 aliphatic heterocycles. The Bertz CT molecular complexity index is 538. The molecule has 0 aliphatic rings. The molecule has 0 radical (unpaired) electrons. The first-order valence-corrected chi connectivity index (χ1v) is 4.80. The fourth-order valence-electron chi connectivity index (χ4n) is 1.17. The molecular formula is C10H10N4O3. The molecule has 0 bridgehead atoms.